The van der Waals surface area contributed by atoms with Gasteiger partial charge in [0.05, 0.1) is 0 Å². The third kappa shape index (κ3) is 1.73. The average Bonchev–Trinajstić information content (AvgIpc) is 2.32. The highest BCUT2D eigenvalue weighted by atomic mass is 16.5. The van der Waals surface area contributed by atoms with Gasteiger partial charge in [-0.25, -0.2) is 0 Å². The lowest BCUT2D eigenvalue weighted by molar-refractivity contribution is 0.331. The maximum atomic E-state index is 5.11. The van der Waals surface area contributed by atoms with Crippen LogP contribution in [0.25, 0.3) is 0 Å². The van der Waals surface area contributed by atoms with Crippen LogP contribution in [0.1, 0.15) is 26.5 Å². The SMILES string of the molecule is CNc1cc(C(C)(C)C)on1. The standard InChI is InChI=1S/C8H14N2O/c1-8(2,3)6-5-7(9-4)10-11-6/h5H,1-4H3,(H,9,10). The first-order valence-corrected chi connectivity index (χ1v) is 3.69. The van der Waals surface area contributed by atoms with Crippen molar-refractivity contribution in [1.29, 1.82) is 0 Å². The van der Waals surface area contributed by atoms with Crippen LogP contribution in [0.3, 0.4) is 0 Å². The predicted molar refractivity (Wildman–Crippen MR) is 44.7 cm³/mol. The van der Waals surface area contributed by atoms with Crippen molar-refractivity contribution in [2.24, 2.45) is 0 Å². The Hall–Kier alpha value is -0.990. The van der Waals surface area contributed by atoms with Crippen molar-refractivity contribution in [3.05, 3.63) is 11.8 Å². The molecule has 0 fully saturated rings. The molecule has 0 aliphatic heterocycles. The van der Waals surface area contributed by atoms with Crippen LogP contribution in [-0.4, -0.2) is 12.2 Å². The van der Waals surface area contributed by atoms with Gasteiger partial charge in [0.1, 0.15) is 5.76 Å². The molecule has 0 bridgehead atoms. The van der Waals surface area contributed by atoms with Crippen LogP contribution >= 0.6 is 0 Å². The lowest BCUT2D eigenvalue weighted by Gasteiger charge is -2.11. The van der Waals surface area contributed by atoms with E-state index in [2.05, 4.69) is 31.2 Å². The summed E-state index contributed by atoms with van der Waals surface area (Å²) in [5.74, 6) is 1.69. The summed E-state index contributed by atoms with van der Waals surface area (Å²) in [6.45, 7) is 6.27. The van der Waals surface area contributed by atoms with Crippen LogP contribution < -0.4 is 5.32 Å². The molecule has 1 heterocycles. The van der Waals surface area contributed by atoms with E-state index in [0.717, 1.165) is 11.6 Å². The fraction of sp³-hybridized carbons (Fsp3) is 0.625. The highest BCUT2D eigenvalue weighted by Gasteiger charge is 2.18. The Kier molecular flexibility index (Phi) is 1.89. The fourth-order valence-electron chi connectivity index (χ4n) is 0.746. The van der Waals surface area contributed by atoms with Crippen molar-refractivity contribution in [1.82, 2.24) is 5.16 Å². The zero-order chi connectivity index (χ0) is 8.48. The van der Waals surface area contributed by atoms with Gasteiger partial charge >= 0.3 is 0 Å². The number of anilines is 1. The maximum Gasteiger partial charge on any atom is 0.169 e. The van der Waals surface area contributed by atoms with Crippen molar-refractivity contribution >= 4 is 5.82 Å². The van der Waals surface area contributed by atoms with Gasteiger partial charge in [0.2, 0.25) is 0 Å². The Morgan fingerprint density at radius 2 is 2.09 bits per heavy atom. The Bertz CT molecular complexity index is 234. The molecule has 1 N–H and O–H groups in total. The molecule has 11 heavy (non-hydrogen) atoms. The second-order valence-electron chi connectivity index (χ2n) is 3.58. The minimum absolute atomic E-state index is 0.0437. The van der Waals surface area contributed by atoms with Gasteiger partial charge in [-0.1, -0.05) is 25.9 Å². The topological polar surface area (TPSA) is 38.1 Å². The molecule has 3 heteroatoms. The minimum Gasteiger partial charge on any atom is -0.370 e. The normalized spacial score (nSPS) is 11.6. The van der Waals surface area contributed by atoms with Crippen LogP contribution in [0.15, 0.2) is 10.6 Å². The summed E-state index contributed by atoms with van der Waals surface area (Å²) in [4.78, 5) is 0. The smallest absolute Gasteiger partial charge is 0.169 e. The summed E-state index contributed by atoms with van der Waals surface area (Å²) in [6, 6.07) is 1.92. The Balaban J connectivity index is 2.89. The van der Waals surface area contributed by atoms with E-state index in [1.807, 2.05) is 13.1 Å². The summed E-state index contributed by atoms with van der Waals surface area (Å²) < 4.78 is 5.11. The quantitative estimate of drug-likeness (QED) is 0.672. The number of nitrogens with one attached hydrogen (secondary N) is 1. The van der Waals surface area contributed by atoms with Gasteiger partial charge in [-0.3, -0.25) is 0 Å². The molecule has 0 atom stereocenters. The Morgan fingerprint density at radius 1 is 1.45 bits per heavy atom. The largest absolute Gasteiger partial charge is 0.370 e. The van der Waals surface area contributed by atoms with Gasteiger partial charge in [0.15, 0.2) is 5.82 Å². The highest BCUT2D eigenvalue weighted by Crippen LogP contribution is 2.23. The van der Waals surface area contributed by atoms with Crippen LogP contribution in [0.5, 0.6) is 0 Å². The molecule has 0 saturated heterocycles. The van der Waals surface area contributed by atoms with Gasteiger partial charge in [0.25, 0.3) is 0 Å². The Morgan fingerprint density at radius 3 is 2.36 bits per heavy atom. The lowest BCUT2D eigenvalue weighted by Crippen LogP contribution is -2.09. The minimum atomic E-state index is 0.0437. The zero-order valence-electron chi connectivity index (χ0n) is 7.43. The lowest BCUT2D eigenvalue weighted by atomic mass is 9.93. The van der Waals surface area contributed by atoms with E-state index in [9.17, 15) is 0 Å². The van der Waals surface area contributed by atoms with Crippen molar-refractivity contribution in [3.8, 4) is 0 Å². The molecule has 0 spiro atoms. The maximum absolute atomic E-state index is 5.11. The van der Waals surface area contributed by atoms with Gasteiger partial charge in [0, 0.05) is 18.5 Å². The van der Waals surface area contributed by atoms with Crippen molar-refractivity contribution < 1.29 is 4.52 Å². The number of nitrogens with zero attached hydrogens (tertiary/aromatic N) is 1. The van der Waals surface area contributed by atoms with Crippen molar-refractivity contribution in [3.63, 3.8) is 0 Å². The second-order valence-corrected chi connectivity index (χ2v) is 3.58. The molecule has 0 radical (unpaired) electrons. The first-order chi connectivity index (χ1) is 5.04. The highest BCUT2D eigenvalue weighted by molar-refractivity contribution is 5.34. The average molecular weight is 154 g/mol. The fourth-order valence-corrected chi connectivity index (χ4v) is 0.746. The van der Waals surface area contributed by atoms with E-state index in [-0.39, 0.29) is 5.41 Å². The van der Waals surface area contributed by atoms with Crippen molar-refractivity contribution in [2.75, 3.05) is 12.4 Å². The van der Waals surface area contributed by atoms with Crippen LogP contribution in [0.4, 0.5) is 5.82 Å². The molecule has 1 aromatic heterocycles. The molecular formula is C8H14N2O. The number of rotatable bonds is 1. The molecule has 0 aromatic carbocycles. The monoisotopic (exact) mass is 154 g/mol. The predicted octanol–water partition coefficient (Wildman–Crippen LogP) is 2.01. The molecule has 1 aromatic rings. The molecule has 62 valence electrons. The summed E-state index contributed by atoms with van der Waals surface area (Å²) in [6.07, 6.45) is 0. The zero-order valence-corrected chi connectivity index (χ0v) is 7.43. The molecule has 0 amide bonds. The molecule has 1 rings (SSSR count). The molecule has 3 nitrogen and oxygen atoms in total. The first-order valence-electron chi connectivity index (χ1n) is 3.69. The second kappa shape index (κ2) is 2.57. The molecule has 0 unspecified atom stereocenters. The van der Waals surface area contributed by atoms with Gasteiger partial charge in [-0.05, 0) is 0 Å². The summed E-state index contributed by atoms with van der Waals surface area (Å²) in [7, 11) is 1.82. The van der Waals surface area contributed by atoms with E-state index in [4.69, 9.17) is 4.52 Å². The first kappa shape index (κ1) is 8.11. The van der Waals surface area contributed by atoms with E-state index in [1.165, 1.54) is 0 Å². The summed E-state index contributed by atoms with van der Waals surface area (Å²) in [5, 5.41) is 6.73. The third-order valence-corrected chi connectivity index (χ3v) is 1.51. The number of aromatic nitrogens is 1. The summed E-state index contributed by atoms with van der Waals surface area (Å²) in [5.41, 5.74) is 0.0437. The number of hydrogen-bond acceptors (Lipinski definition) is 3. The van der Waals surface area contributed by atoms with Crippen molar-refractivity contribution in [2.45, 2.75) is 26.2 Å². The van der Waals surface area contributed by atoms with E-state index in [0.29, 0.717) is 0 Å². The van der Waals surface area contributed by atoms with E-state index in [1.54, 1.807) is 0 Å². The van der Waals surface area contributed by atoms with E-state index >= 15 is 0 Å². The Labute approximate surface area is 66.8 Å². The van der Waals surface area contributed by atoms with Gasteiger partial charge < -0.3 is 9.84 Å². The van der Waals surface area contributed by atoms with Gasteiger partial charge in [-0.15, -0.1) is 0 Å². The van der Waals surface area contributed by atoms with Crippen LogP contribution in [0, 0.1) is 0 Å². The molecule has 0 aliphatic rings. The molecule has 0 aliphatic carbocycles. The third-order valence-electron chi connectivity index (χ3n) is 1.51. The molecule has 0 saturated carbocycles. The summed E-state index contributed by atoms with van der Waals surface area (Å²) >= 11 is 0. The molecular weight excluding hydrogens is 140 g/mol. The van der Waals surface area contributed by atoms with E-state index < -0.39 is 0 Å². The number of hydrogen-bond donors (Lipinski definition) is 1. The van der Waals surface area contributed by atoms with Gasteiger partial charge in [-0.2, -0.15) is 0 Å². The van der Waals surface area contributed by atoms with Crippen LogP contribution in [-0.2, 0) is 5.41 Å². The van der Waals surface area contributed by atoms with Crippen LogP contribution in [0.2, 0.25) is 0 Å².